The lowest BCUT2D eigenvalue weighted by Crippen LogP contribution is -2.47. The summed E-state index contributed by atoms with van der Waals surface area (Å²) >= 11 is 0. The summed E-state index contributed by atoms with van der Waals surface area (Å²) < 4.78 is 30.1. The van der Waals surface area contributed by atoms with E-state index in [4.69, 9.17) is 13.8 Å². The van der Waals surface area contributed by atoms with Crippen LogP contribution in [0.25, 0.3) is 0 Å². The van der Waals surface area contributed by atoms with Crippen molar-refractivity contribution in [1.82, 2.24) is 5.32 Å². The third kappa shape index (κ3) is 48.5. The number of nitrogens with one attached hydrogen (secondary N) is 1. The molecule has 10 heteroatoms. The Labute approximate surface area is 419 Å². The Morgan fingerprint density at radius 1 is 0.529 bits per heavy atom. The van der Waals surface area contributed by atoms with Crippen molar-refractivity contribution in [1.29, 1.82) is 0 Å². The van der Waals surface area contributed by atoms with Crippen LogP contribution in [0.5, 0.6) is 0 Å². The number of rotatable bonds is 49. The number of allylic oxidation sites excluding steroid dienone is 11. The minimum Gasteiger partial charge on any atom is -0.756 e. The van der Waals surface area contributed by atoms with Crippen LogP contribution in [0, 0.1) is 0 Å². The first-order chi connectivity index (χ1) is 32.9. The van der Waals surface area contributed by atoms with Crippen LogP contribution in [0.1, 0.15) is 233 Å². The molecule has 0 spiro atoms. The number of likely N-dealkylation sites (N-methyl/N-ethyl adjacent to an activating group) is 1. The highest BCUT2D eigenvalue weighted by Gasteiger charge is 2.27. The first-order valence-corrected chi connectivity index (χ1v) is 29.2. The van der Waals surface area contributed by atoms with E-state index in [1.165, 1.54) is 116 Å². The lowest BCUT2D eigenvalue weighted by molar-refractivity contribution is -0.870. The summed E-state index contributed by atoms with van der Waals surface area (Å²) in [6.07, 6.45) is 60.1. The van der Waals surface area contributed by atoms with E-state index in [0.29, 0.717) is 23.9 Å². The van der Waals surface area contributed by atoms with E-state index in [0.717, 1.165) is 77.0 Å². The average molecular weight is 973 g/mol. The molecule has 0 saturated heterocycles. The molecule has 0 rings (SSSR count). The van der Waals surface area contributed by atoms with E-state index in [2.05, 4.69) is 86.8 Å². The molecule has 3 atom stereocenters. The van der Waals surface area contributed by atoms with Crippen molar-refractivity contribution in [2.24, 2.45) is 0 Å². The monoisotopic (exact) mass is 973 g/mol. The van der Waals surface area contributed by atoms with Gasteiger partial charge in [0.1, 0.15) is 19.3 Å². The maximum Gasteiger partial charge on any atom is 0.306 e. The lowest BCUT2D eigenvalue weighted by atomic mass is 10.0. The summed E-state index contributed by atoms with van der Waals surface area (Å²) in [5.74, 6) is -0.609. The van der Waals surface area contributed by atoms with Gasteiger partial charge in [0, 0.05) is 12.8 Å². The Morgan fingerprint density at radius 2 is 0.956 bits per heavy atom. The molecule has 0 aliphatic heterocycles. The third-order valence-corrected chi connectivity index (χ3v) is 12.9. The second-order valence-electron chi connectivity index (χ2n) is 19.7. The highest BCUT2D eigenvalue weighted by atomic mass is 31.2. The normalized spacial score (nSPS) is 14.4. The highest BCUT2D eigenvalue weighted by molar-refractivity contribution is 7.45. The first kappa shape index (κ1) is 65.5. The molecule has 0 heterocycles. The van der Waals surface area contributed by atoms with Gasteiger partial charge < -0.3 is 28.5 Å². The standard InChI is InChI=1S/C58H105N2O7P/c1-7-10-13-16-19-22-25-27-29-30-31-33-36-39-42-45-48-51-58(62)67-56(49-46-43-40-37-34-24-21-18-15-12-9-3)55(54-66-68(63,64)65-53-52-60(4,5)6)59-57(61)50-47-44-41-38-35-32-28-26-23-20-17-14-11-8-2/h10,13,19,22,27,29,31,33,39,42,46,49,55-56H,7-9,11-12,14-18,20-21,23-26,28,30,32,34-38,40-41,43-45,47-48,50-54H2,1-6H3,(H-,59,61,63,64)/b13-10-,22-19-,29-27-,33-31-,42-39-,49-46+. The van der Waals surface area contributed by atoms with Gasteiger partial charge in [-0.3, -0.25) is 14.2 Å². The summed E-state index contributed by atoms with van der Waals surface area (Å²) in [6, 6.07) is -0.910. The number of amides is 1. The van der Waals surface area contributed by atoms with E-state index in [-0.39, 0.29) is 18.9 Å². The molecule has 0 aromatic carbocycles. The fraction of sp³-hybridized carbons (Fsp3) is 0.759. The topological polar surface area (TPSA) is 114 Å². The number of esters is 1. The predicted octanol–water partition coefficient (Wildman–Crippen LogP) is 15.9. The molecule has 0 radical (unpaired) electrons. The van der Waals surface area contributed by atoms with E-state index >= 15 is 0 Å². The number of carbonyl (C=O) groups is 2. The molecule has 9 nitrogen and oxygen atoms in total. The van der Waals surface area contributed by atoms with Crippen molar-refractivity contribution in [3.8, 4) is 0 Å². The minimum absolute atomic E-state index is 0.0324. The van der Waals surface area contributed by atoms with Gasteiger partial charge in [-0.25, -0.2) is 0 Å². The summed E-state index contributed by atoms with van der Waals surface area (Å²) in [7, 11) is 1.15. The molecule has 0 aromatic heterocycles. The molecule has 68 heavy (non-hydrogen) atoms. The average Bonchev–Trinajstić information content (AvgIpc) is 3.29. The second kappa shape index (κ2) is 48.1. The van der Waals surface area contributed by atoms with Crippen molar-refractivity contribution in [2.45, 2.75) is 245 Å². The van der Waals surface area contributed by atoms with Gasteiger partial charge in [-0.15, -0.1) is 0 Å². The van der Waals surface area contributed by atoms with Crippen molar-refractivity contribution in [3.63, 3.8) is 0 Å². The van der Waals surface area contributed by atoms with Crippen LogP contribution < -0.4 is 10.2 Å². The van der Waals surface area contributed by atoms with Crippen LogP contribution in [-0.4, -0.2) is 69.4 Å². The molecule has 0 aliphatic rings. The van der Waals surface area contributed by atoms with Crippen molar-refractivity contribution in [3.05, 3.63) is 72.9 Å². The molecule has 1 N–H and O–H groups in total. The van der Waals surface area contributed by atoms with Gasteiger partial charge in [0.05, 0.1) is 33.8 Å². The van der Waals surface area contributed by atoms with Gasteiger partial charge >= 0.3 is 5.97 Å². The maximum absolute atomic E-state index is 13.4. The smallest absolute Gasteiger partial charge is 0.306 e. The molecule has 394 valence electrons. The maximum atomic E-state index is 13.4. The van der Waals surface area contributed by atoms with E-state index < -0.39 is 32.5 Å². The minimum atomic E-state index is -4.70. The third-order valence-electron chi connectivity index (χ3n) is 11.9. The zero-order chi connectivity index (χ0) is 50.1. The molecule has 0 fully saturated rings. The molecule has 0 aliphatic carbocycles. The van der Waals surface area contributed by atoms with Gasteiger partial charge in [0.15, 0.2) is 0 Å². The molecular formula is C58H105N2O7P. The Hall–Kier alpha value is -2.55. The molecule has 0 bridgehead atoms. The van der Waals surface area contributed by atoms with Crippen molar-refractivity contribution in [2.75, 3.05) is 40.9 Å². The predicted molar refractivity (Wildman–Crippen MR) is 288 cm³/mol. The lowest BCUT2D eigenvalue weighted by Gasteiger charge is -2.30. The summed E-state index contributed by atoms with van der Waals surface area (Å²) in [6.45, 7) is 6.67. The van der Waals surface area contributed by atoms with E-state index in [1.54, 1.807) is 0 Å². The number of hydrogen-bond acceptors (Lipinski definition) is 7. The first-order valence-electron chi connectivity index (χ1n) is 27.7. The summed E-state index contributed by atoms with van der Waals surface area (Å²) in [5.41, 5.74) is 0. The number of hydrogen-bond donors (Lipinski definition) is 1. The van der Waals surface area contributed by atoms with Crippen LogP contribution in [0.4, 0.5) is 0 Å². The van der Waals surface area contributed by atoms with Crippen LogP contribution in [0.3, 0.4) is 0 Å². The van der Waals surface area contributed by atoms with Crippen LogP contribution in [0.2, 0.25) is 0 Å². The Kier molecular flexibility index (Phi) is 46.3. The number of carbonyl (C=O) groups excluding carboxylic acids is 2. The Bertz CT molecular complexity index is 1400. The largest absolute Gasteiger partial charge is 0.756 e. The van der Waals surface area contributed by atoms with Gasteiger partial charge in [0.2, 0.25) is 5.91 Å². The number of ether oxygens (including phenoxy) is 1. The quantitative estimate of drug-likeness (QED) is 0.0212. The summed E-state index contributed by atoms with van der Waals surface area (Å²) in [5, 5.41) is 3.00. The van der Waals surface area contributed by atoms with Crippen LogP contribution >= 0.6 is 7.82 Å². The van der Waals surface area contributed by atoms with E-state index in [9.17, 15) is 19.0 Å². The molecule has 3 unspecified atom stereocenters. The number of unbranched alkanes of at least 4 members (excludes halogenated alkanes) is 23. The SMILES string of the molecule is CC/C=C\C/C=C\C/C=C\C/C=C\C/C=C\CCCC(=O)OC(/C=C/CCCCCCCCCCC)C(COP(=O)([O-])OCC[N+](C)(C)C)NC(=O)CCCCCCCCCCCCCCCC. The Balaban J connectivity index is 5.44. The zero-order valence-electron chi connectivity index (χ0n) is 44.8. The second-order valence-corrected chi connectivity index (χ2v) is 21.1. The van der Waals surface area contributed by atoms with Crippen molar-refractivity contribution < 1.29 is 37.3 Å². The van der Waals surface area contributed by atoms with Gasteiger partial charge in [-0.2, -0.15) is 0 Å². The van der Waals surface area contributed by atoms with Gasteiger partial charge in [-0.05, 0) is 70.3 Å². The molecule has 0 saturated carbocycles. The van der Waals surface area contributed by atoms with Crippen molar-refractivity contribution >= 4 is 19.7 Å². The number of phosphoric ester groups is 1. The fourth-order valence-electron chi connectivity index (χ4n) is 7.62. The number of nitrogens with zero attached hydrogens (tertiary/aromatic N) is 1. The number of quaternary nitrogens is 1. The van der Waals surface area contributed by atoms with Crippen LogP contribution in [0.15, 0.2) is 72.9 Å². The van der Waals surface area contributed by atoms with Gasteiger partial charge in [0.25, 0.3) is 7.82 Å². The summed E-state index contributed by atoms with van der Waals surface area (Å²) in [4.78, 5) is 39.7. The zero-order valence-corrected chi connectivity index (χ0v) is 45.7. The molecule has 0 aromatic rings. The van der Waals surface area contributed by atoms with Gasteiger partial charge in [-0.1, -0.05) is 222 Å². The molecular weight excluding hydrogens is 868 g/mol. The number of phosphoric acid groups is 1. The molecule has 1 amide bonds. The highest BCUT2D eigenvalue weighted by Crippen LogP contribution is 2.38. The van der Waals surface area contributed by atoms with Crippen LogP contribution in [-0.2, 0) is 27.9 Å². The Morgan fingerprint density at radius 3 is 1.43 bits per heavy atom. The van der Waals surface area contributed by atoms with E-state index in [1.807, 2.05) is 33.3 Å². The fourth-order valence-corrected chi connectivity index (χ4v) is 8.34.